The minimum absolute atomic E-state index is 0.0898. The van der Waals surface area contributed by atoms with E-state index in [1.54, 1.807) is 24.7 Å². The predicted octanol–water partition coefficient (Wildman–Crippen LogP) is 4.94. The number of nitrogens with one attached hydrogen (secondary N) is 2. The zero-order valence-corrected chi connectivity index (χ0v) is 18.5. The Kier molecular flexibility index (Phi) is 6.87. The molecule has 9 heteroatoms. The number of pyridine rings is 1. The van der Waals surface area contributed by atoms with Crippen molar-refractivity contribution in [2.45, 2.75) is 45.1 Å². The predicted molar refractivity (Wildman–Crippen MR) is 126 cm³/mol. The van der Waals surface area contributed by atoms with E-state index >= 15 is 0 Å². The Hall–Kier alpha value is -3.88. The van der Waals surface area contributed by atoms with Gasteiger partial charge in [-0.05, 0) is 38.0 Å². The third-order valence-electron chi connectivity index (χ3n) is 5.65. The minimum atomic E-state index is -0.504. The highest BCUT2D eigenvalue weighted by molar-refractivity contribution is 6.47. The van der Waals surface area contributed by atoms with Crippen LogP contribution in [0.25, 0.3) is 17.1 Å². The lowest BCUT2D eigenvalue weighted by Gasteiger charge is -2.21. The molecule has 8 nitrogen and oxygen atoms in total. The van der Waals surface area contributed by atoms with Crippen LogP contribution in [0.3, 0.4) is 0 Å². The van der Waals surface area contributed by atoms with E-state index in [1.165, 1.54) is 30.8 Å². The molecular weight excluding hydrogens is 421 g/mol. The molecule has 0 spiro atoms. The number of aromatic amines is 1. The second-order valence-electron chi connectivity index (χ2n) is 7.81. The van der Waals surface area contributed by atoms with Crippen molar-refractivity contribution in [3.63, 3.8) is 0 Å². The van der Waals surface area contributed by atoms with Crippen LogP contribution >= 0.6 is 0 Å². The quantitative estimate of drug-likeness (QED) is 0.501. The number of aliphatic imine (C=N–C) groups is 1. The Balaban J connectivity index is 1.67. The molecule has 3 heterocycles. The van der Waals surface area contributed by atoms with E-state index in [-0.39, 0.29) is 23.1 Å². The molecule has 0 atom stereocenters. The molecule has 1 saturated carbocycles. The van der Waals surface area contributed by atoms with Crippen molar-refractivity contribution >= 4 is 23.0 Å². The molecule has 1 fully saturated rings. The number of H-pyrrole nitrogens is 1. The molecule has 3 aromatic heterocycles. The van der Waals surface area contributed by atoms with Crippen molar-refractivity contribution in [2.75, 3.05) is 5.32 Å². The molecule has 0 unspecified atom stereocenters. The molecule has 2 N–H and O–H groups in total. The van der Waals surface area contributed by atoms with Crippen molar-refractivity contribution in [1.29, 1.82) is 0 Å². The summed E-state index contributed by atoms with van der Waals surface area (Å²) in [5.74, 6) is -0.982. The number of hydrogen-bond acceptors (Lipinski definition) is 5. The molecule has 0 aromatic carbocycles. The summed E-state index contributed by atoms with van der Waals surface area (Å²) in [7, 11) is 0. The lowest BCUT2D eigenvalue weighted by molar-refractivity contribution is -0.110. The average molecular weight is 448 g/mol. The lowest BCUT2D eigenvalue weighted by atomic mass is 9.96. The Morgan fingerprint density at radius 1 is 1.33 bits per heavy atom. The molecule has 4 rings (SSSR count). The number of aromatic nitrogens is 5. The Bertz CT molecular complexity index is 1190. The van der Waals surface area contributed by atoms with Gasteiger partial charge in [0.1, 0.15) is 17.1 Å². The zero-order valence-electron chi connectivity index (χ0n) is 18.5. The largest absolute Gasteiger partial charge is 0.317 e. The number of anilines is 1. The van der Waals surface area contributed by atoms with Gasteiger partial charge in [-0.15, -0.1) is 0 Å². The fraction of sp³-hybridized carbons (Fsp3) is 0.292. The summed E-state index contributed by atoms with van der Waals surface area (Å²) in [4.78, 5) is 21.7. The van der Waals surface area contributed by atoms with Crippen molar-refractivity contribution in [1.82, 2.24) is 25.0 Å². The summed E-state index contributed by atoms with van der Waals surface area (Å²) >= 11 is 0. The van der Waals surface area contributed by atoms with E-state index in [4.69, 9.17) is 0 Å². The zero-order chi connectivity index (χ0) is 23.2. The molecular formula is C24H26FN7O. The second kappa shape index (κ2) is 10.2. The second-order valence-corrected chi connectivity index (χ2v) is 7.81. The number of amides is 1. The summed E-state index contributed by atoms with van der Waals surface area (Å²) in [6, 6.07) is 3.05. The Morgan fingerprint density at radius 2 is 2.15 bits per heavy atom. The molecule has 0 radical (unpaired) electrons. The first kappa shape index (κ1) is 22.3. The number of carbonyl (C=O) groups excluding carboxylic acids is 1. The average Bonchev–Trinajstić information content (AvgIpc) is 3.51. The van der Waals surface area contributed by atoms with Crippen LogP contribution in [-0.4, -0.2) is 36.6 Å². The van der Waals surface area contributed by atoms with Crippen LogP contribution in [0.4, 0.5) is 10.1 Å². The third kappa shape index (κ3) is 4.97. The monoisotopic (exact) mass is 447 g/mol. The van der Waals surface area contributed by atoms with Gasteiger partial charge in [-0.1, -0.05) is 31.9 Å². The van der Waals surface area contributed by atoms with Crippen LogP contribution in [0.1, 0.15) is 50.6 Å². The van der Waals surface area contributed by atoms with Gasteiger partial charge in [-0.3, -0.25) is 19.6 Å². The van der Waals surface area contributed by atoms with E-state index in [0.29, 0.717) is 11.4 Å². The van der Waals surface area contributed by atoms with Crippen LogP contribution in [0.15, 0.2) is 60.6 Å². The van der Waals surface area contributed by atoms with Crippen LogP contribution in [0.5, 0.6) is 0 Å². The van der Waals surface area contributed by atoms with Gasteiger partial charge in [-0.25, -0.2) is 9.38 Å². The van der Waals surface area contributed by atoms with Crippen molar-refractivity contribution in [2.24, 2.45) is 4.99 Å². The highest BCUT2D eigenvalue weighted by atomic mass is 19.1. The van der Waals surface area contributed by atoms with Gasteiger partial charge in [0.15, 0.2) is 5.82 Å². The molecule has 0 saturated heterocycles. The maximum Gasteiger partial charge on any atom is 0.274 e. The van der Waals surface area contributed by atoms with E-state index in [2.05, 4.69) is 37.2 Å². The van der Waals surface area contributed by atoms with Gasteiger partial charge in [0.05, 0.1) is 23.6 Å². The molecule has 0 bridgehead atoms. The molecule has 1 aliphatic carbocycles. The fourth-order valence-corrected chi connectivity index (χ4v) is 3.94. The maximum absolute atomic E-state index is 14.6. The van der Waals surface area contributed by atoms with Crippen LogP contribution < -0.4 is 5.32 Å². The van der Waals surface area contributed by atoms with Gasteiger partial charge in [0.25, 0.3) is 5.91 Å². The molecule has 33 heavy (non-hydrogen) atoms. The number of allylic oxidation sites excluding steroid dienone is 1. The Labute approximate surface area is 191 Å². The minimum Gasteiger partial charge on any atom is -0.317 e. The first-order chi connectivity index (χ1) is 16.1. The summed E-state index contributed by atoms with van der Waals surface area (Å²) in [6.45, 7) is 5.55. The van der Waals surface area contributed by atoms with Gasteiger partial charge in [0.2, 0.25) is 0 Å². The van der Waals surface area contributed by atoms with Crippen LogP contribution in [0, 0.1) is 5.82 Å². The molecule has 1 aliphatic rings. The highest BCUT2D eigenvalue weighted by Gasteiger charge is 2.23. The number of carbonyl (C=O) groups is 1. The number of halogens is 1. The first-order valence-corrected chi connectivity index (χ1v) is 11.0. The SMILES string of the molecule is C=CC(=N/C(=C\C)c1cn[nH]c1)C(=O)Nc1cn(C2CCCCC2)nc1-c1ncccc1F. The summed E-state index contributed by atoms with van der Waals surface area (Å²) in [5, 5.41) is 14.1. The molecule has 0 aliphatic heterocycles. The number of nitrogens with zero attached hydrogens (tertiary/aromatic N) is 5. The number of rotatable bonds is 7. The van der Waals surface area contributed by atoms with E-state index in [9.17, 15) is 9.18 Å². The van der Waals surface area contributed by atoms with Crippen molar-refractivity contribution in [3.05, 3.63) is 67.0 Å². The third-order valence-corrected chi connectivity index (χ3v) is 5.65. The molecule has 1 amide bonds. The van der Waals surface area contributed by atoms with Gasteiger partial charge in [-0.2, -0.15) is 10.2 Å². The summed E-state index contributed by atoms with van der Waals surface area (Å²) < 4.78 is 16.4. The van der Waals surface area contributed by atoms with E-state index < -0.39 is 11.7 Å². The van der Waals surface area contributed by atoms with Crippen molar-refractivity contribution in [3.8, 4) is 11.4 Å². The van der Waals surface area contributed by atoms with Crippen LogP contribution in [-0.2, 0) is 4.79 Å². The normalized spacial score (nSPS) is 15.5. The summed E-state index contributed by atoms with van der Waals surface area (Å²) in [5.41, 5.74) is 2.18. The fourth-order valence-electron chi connectivity index (χ4n) is 3.94. The topological polar surface area (TPSA) is 101 Å². The standard InChI is InChI=1S/C24H26FN7O/c1-3-19(16-13-27-28-14-16)29-20(4-2)24(33)30-21-15-32(17-9-6-5-7-10-17)31-23(21)22-18(25)11-8-12-26-22/h3-4,8,11-15,17H,2,5-7,9-10H2,1H3,(H,27,28)(H,30,33)/b19-3-,29-20?. The maximum atomic E-state index is 14.6. The number of hydrogen-bond donors (Lipinski definition) is 2. The smallest absolute Gasteiger partial charge is 0.274 e. The van der Waals surface area contributed by atoms with Crippen LogP contribution in [0.2, 0.25) is 0 Å². The van der Waals surface area contributed by atoms with Gasteiger partial charge < -0.3 is 5.32 Å². The highest BCUT2D eigenvalue weighted by Crippen LogP contribution is 2.33. The van der Waals surface area contributed by atoms with E-state index in [0.717, 1.165) is 31.2 Å². The van der Waals surface area contributed by atoms with Gasteiger partial charge in [0, 0.05) is 24.2 Å². The van der Waals surface area contributed by atoms with E-state index in [1.807, 2.05) is 11.6 Å². The Morgan fingerprint density at radius 3 is 2.82 bits per heavy atom. The molecule has 3 aromatic rings. The van der Waals surface area contributed by atoms with Crippen molar-refractivity contribution < 1.29 is 9.18 Å². The van der Waals surface area contributed by atoms with Gasteiger partial charge >= 0.3 is 0 Å². The lowest BCUT2D eigenvalue weighted by Crippen LogP contribution is -2.21. The first-order valence-electron chi connectivity index (χ1n) is 11.0. The molecule has 170 valence electrons. The summed E-state index contributed by atoms with van der Waals surface area (Å²) in [6.07, 6.45) is 15.1.